The summed E-state index contributed by atoms with van der Waals surface area (Å²) in [5, 5.41) is 0. The number of likely N-dealkylation sites (tertiary alicyclic amines) is 1. The minimum Gasteiger partial charge on any atom is -0.342 e. The lowest BCUT2D eigenvalue weighted by molar-refractivity contribution is -0.129. The first-order valence-electron chi connectivity index (χ1n) is 7.42. The lowest BCUT2D eigenvalue weighted by Crippen LogP contribution is -2.39. The molecule has 0 unspecified atom stereocenters. The largest absolute Gasteiger partial charge is 0.342 e. The van der Waals surface area contributed by atoms with Crippen molar-refractivity contribution in [3.05, 3.63) is 29.8 Å². The molecular weight excluding hydrogens is 300 g/mol. The number of amides is 1. The summed E-state index contributed by atoms with van der Waals surface area (Å²) < 4.78 is 1.02. The van der Waals surface area contributed by atoms with E-state index in [9.17, 15) is 4.79 Å². The minimum atomic E-state index is 0.258. The molecule has 5 heteroatoms. The molecule has 3 rings (SSSR count). The number of hydrogen-bond acceptors (Lipinski definition) is 4. The molecule has 1 aromatic carbocycles. The minimum absolute atomic E-state index is 0.258. The monoisotopic (exact) mass is 320 g/mol. The maximum Gasteiger partial charge on any atom is 0.233 e. The molecule has 21 heavy (non-hydrogen) atoms. The Hall–Kier alpha value is -0.940. The normalized spacial score (nSPS) is 19.1. The van der Waals surface area contributed by atoms with Gasteiger partial charge in [0.05, 0.1) is 11.4 Å². The van der Waals surface area contributed by atoms with Crippen LogP contribution in [0.15, 0.2) is 29.3 Å². The van der Waals surface area contributed by atoms with Gasteiger partial charge in [-0.05, 0) is 30.4 Å². The second kappa shape index (κ2) is 6.88. The Bertz CT molecular complexity index is 551. The zero-order valence-corrected chi connectivity index (χ0v) is 13.9. The van der Waals surface area contributed by atoms with E-state index < -0.39 is 0 Å². The van der Waals surface area contributed by atoms with E-state index in [-0.39, 0.29) is 5.91 Å². The summed E-state index contributed by atoms with van der Waals surface area (Å²) in [6.45, 7) is 4.10. The molecule has 2 aliphatic rings. The van der Waals surface area contributed by atoms with Crippen LogP contribution in [0.2, 0.25) is 0 Å². The second-order valence-electron chi connectivity index (χ2n) is 5.65. The summed E-state index contributed by atoms with van der Waals surface area (Å²) in [6.07, 6.45) is 2.28. The van der Waals surface area contributed by atoms with E-state index in [1.807, 2.05) is 23.1 Å². The van der Waals surface area contributed by atoms with Gasteiger partial charge < -0.3 is 4.90 Å². The Kier molecular flexibility index (Phi) is 4.91. The van der Waals surface area contributed by atoms with Crippen LogP contribution < -0.4 is 0 Å². The first-order valence-corrected chi connectivity index (χ1v) is 9.39. The molecule has 0 radical (unpaired) electrons. The first kappa shape index (κ1) is 15.0. The lowest BCUT2D eigenvalue weighted by Gasteiger charge is -2.30. The topological polar surface area (TPSA) is 32.7 Å². The second-order valence-corrected chi connectivity index (χ2v) is 7.83. The number of carbonyl (C=O) groups is 1. The predicted octanol–water partition coefficient (Wildman–Crippen LogP) is 3.91. The van der Waals surface area contributed by atoms with Crippen molar-refractivity contribution < 1.29 is 4.79 Å². The number of carbonyl (C=O) groups excluding carboxylic acids is 1. The van der Waals surface area contributed by atoms with Crippen LogP contribution in [0.25, 0.3) is 0 Å². The number of para-hydroxylation sites is 1. The number of nitrogens with zero attached hydrogens (tertiary/aromatic N) is 2. The van der Waals surface area contributed by atoms with Crippen LogP contribution in [0.4, 0.5) is 5.69 Å². The Labute approximate surface area is 134 Å². The van der Waals surface area contributed by atoms with Crippen LogP contribution in [0.1, 0.15) is 25.3 Å². The zero-order chi connectivity index (χ0) is 14.7. The number of thioether (sulfide) groups is 2. The van der Waals surface area contributed by atoms with E-state index in [1.54, 1.807) is 23.5 Å². The molecule has 1 saturated heterocycles. The number of piperidine rings is 1. The van der Waals surface area contributed by atoms with Crippen molar-refractivity contribution in [3.8, 4) is 0 Å². The molecule has 0 spiro atoms. The summed E-state index contributed by atoms with van der Waals surface area (Å²) >= 11 is 3.32. The van der Waals surface area contributed by atoms with Crippen LogP contribution in [0.3, 0.4) is 0 Å². The van der Waals surface area contributed by atoms with Crippen molar-refractivity contribution in [2.75, 3.05) is 18.8 Å². The fraction of sp³-hybridized carbons (Fsp3) is 0.500. The molecule has 1 fully saturated rings. The average molecular weight is 320 g/mol. The van der Waals surface area contributed by atoms with E-state index >= 15 is 0 Å². The Morgan fingerprint density at radius 1 is 1.38 bits per heavy atom. The summed E-state index contributed by atoms with van der Waals surface area (Å²) in [5.41, 5.74) is 2.33. The quantitative estimate of drug-likeness (QED) is 0.828. The van der Waals surface area contributed by atoms with E-state index in [0.717, 1.165) is 47.7 Å². The standard InChI is InChI=1S/C16H20N2OS2/c1-12-6-8-18(9-7-12)15(19)11-21-16-17-14-5-3-2-4-13(14)10-20-16/h2-5,12H,6-11H2,1H3. The number of benzene rings is 1. The highest BCUT2D eigenvalue weighted by Gasteiger charge is 2.21. The third kappa shape index (κ3) is 3.83. The van der Waals surface area contributed by atoms with E-state index in [2.05, 4.69) is 18.0 Å². The molecule has 2 aliphatic heterocycles. The van der Waals surface area contributed by atoms with Crippen molar-refractivity contribution in [1.82, 2.24) is 4.90 Å². The molecule has 2 heterocycles. The molecule has 1 aromatic rings. The van der Waals surface area contributed by atoms with Gasteiger partial charge in [-0.15, -0.1) is 0 Å². The summed E-state index contributed by atoms with van der Waals surface area (Å²) in [6, 6.07) is 8.23. The molecule has 1 amide bonds. The average Bonchev–Trinajstić information content (AvgIpc) is 2.53. The van der Waals surface area contributed by atoms with Crippen molar-refractivity contribution in [2.45, 2.75) is 25.5 Å². The molecule has 112 valence electrons. The Morgan fingerprint density at radius 3 is 2.95 bits per heavy atom. The lowest BCUT2D eigenvalue weighted by atomic mass is 9.99. The predicted molar refractivity (Wildman–Crippen MR) is 92.3 cm³/mol. The Balaban J connectivity index is 1.54. The van der Waals surface area contributed by atoms with Crippen LogP contribution >= 0.6 is 23.5 Å². The molecule has 0 N–H and O–H groups in total. The number of hydrogen-bond donors (Lipinski definition) is 0. The third-order valence-corrected chi connectivity index (χ3v) is 6.24. The number of fused-ring (bicyclic) bond motifs is 1. The molecule has 0 atom stereocenters. The van der Waals surface area contributed by atoms with Gasteiger partial charge in [-0.25, -0.2) is 4.99 Å². The smallest absolute Gasteiger partial charge is 0.233 e. The fourth-order valence-corrected chi connectivity index (χ4v) is 4.52. The van der Waals surface area contributed by atoms with Crippen LogP contribution in [-0.4, -0.2) is 34.0 Å². The zero-order valence-electron chi connectivity index (χ0n) is 12.2. The van der Waals surface area contributed by atoms with Crippen molar-refractivity contribution in [2.24, 2.45) is 10.9 Å². The molecular formula is C16H20N2OS2. The summed E-state index contributed by atoms with van der Waals surface area (Å²) in [7, 11) is 0. The molecule has 0 saturated carbocycles. The maximum atomic E-state index is 12.2. The van der Waals surface area contributed by atoms with Gasteiger partial charge >= 0.3 is 0 Å². The van der Waals surface area contributed by atoms with E-state index in [1.165, 1.54) is 5.56 Å². The molecule has 0 aliphatic carbocycles. The number of rotatable bonds is 2. The van der Waals surface area contributed by atoms with Crippen LogP contribution in [0.5, 0.6) is 0 Å². The molecule has 0 aromatic heterocycles. The van der Waals surface area contributed by atoms with E-state index in [0.29, 0.717) is 5.75 Å². The van der Waals surface area contributed by atoms with Gasteiger partial charge in [0.1, 0.15) is 4.38 Å². The van der Waals surface area contributed by atoms with E-state index in [4.69, 9.17) is 0 Å². The van der Waals surface area contributed by atoms with Crippen LogP contribution in [0, 0.1) is 5.92 Å². The first-order chi connectivity index (χ1) is 10.2. The van der Waals surface area contributed by atoms with Gasteiger partial charge in [-0.2, -0.15) is 0 Å². The van der Waals surface area contributed by atoms with Gasteiger partial charge in [0.15, 0.2) is 0 Å². The summed E-state index contributed by atoms with van der Waals surface area (Å²) in [5.74, 6) is 2.49. The number of aliphatic imine (C=N–C) groups is 1. The van der Waals surface area contributed by atoms with Gasteiger partial charge in [-0.1, -0.05) is 48.6 Å². The van der Waals surface area contributed by atoms with Crippen molar-refractivity contribution in [1.29, 1.82) is 0 Å². The molecule has 3 nitrogen and oxygen atoms in total. The van der Waals surface area contributed by atoms with Gasteiger partial charge in [-0.3, -0.25) is 4.79 Å². The fourth-order valence-electron chi connectivity index (χ4n) is 2.56. The Morgan fingerprint density at radius 2 is 2.14 bits per heavy atom. The van der Waals surface area contributed by atoms with Gasteiger partial charge in [0.25, 0.3) is 0 Å². The SMILES string of the molecule is CC1CCN(C(=O)CSC2=Nc3ccccc3CS2)CC1. The highest BCUT2D eigenvalue weighted by atomic mass is 32.2. The molecule has 0 bridgehead atoms. The summed E-state index contributed by atoms with van der Waals surface area (Å²) in [4.78, 5) is 18.9. The third-order valence-electron chi connectivity index (χ3n) is 4.01. The van der Waals surface area contributed by atoms with Crippen molar-refractivity contribution >= 4 is 39.5 Å². The maximum absolute atomic E-state index is 12.2. The van der Waals surface area contributed by atoms with Crippen LogP contribution in [-0.2, 0) is 10.5 Å². The van der Waals surface area contributed by atoms with Gasteiger partial charge in [0, 0.05) is 18.8 Å². The van der Waals surface area contributed by atoms with Gasteiger partial charge in [0.2, 0.25) is 5.91 Å². The highest BCUT2D eigenvalue weighted by Crippen LogP contribution is 2.34. The highest BCUT2D eigenvalue weighted by molar-refractivity contribution is 8.38. The van der Waals surface area contributed by atoms with Crippen molar-refractivity contribution in [3.63, 3.8) is 0 Å².